The van der Waals surface area contributed by atoms with Gasteiger partial charge in [0.1, 0.15) is 0 Å². The normalized spacial score (nSPS) is 20.3. The predicted molar refractivity (Wildman–Crippen MR) is 57.6 cm³/mol. The second kappa shape index (κ2) is 4.00. The molecule has 13 heavy (non-hydrogen) atoms. The Hall–Kier alpha value is -0.0300. The number of rotatable bonds is 2. The van der Waals surface area contributed by atoms with Gasteiger partial charge in [-0.25, -0.2) is 5.90 Å². The molecule has 0 fully saturated rings. The van der Waals surface area contributed by atoms with E-state index >= 15 is 0 Å². The fourth-order valence-corrected chi connectivity index (χ4v) is 3.40. The maximum atomic E-state index is 5.06. The summed E-state index contributed by atoms with van der Waals surface area (Å²) in [5.41, 5.74) is 1.38. The van der Waals surface area contributed by atoms with E-state index in [0.29, 0.717) is 11.9 Å². The SMILES string of the molecule is NOCC1Cc2c(Br)cccc2S1. The molecule has 0 saturated carbocycles. The third-order valence-corrected chi connectivity index (χ3v) is 4.10. The number of nitrogens with two attached hydrogens (primary N) is 1. The third kappa shape index (κ3) is 1.91. The first kappa shape index (κ1) is 9.52. The van der Waals surface area contributed by atoms with Crippen LogP contribution in [0.1, 0.15) is 5.56 Å². The van der Waals surface area contributed by atoms with E-state index in [2.05, 4.69) is 39.0 Å². The Morgan fingerprint density at radius 1 is 1.62 bits per heavy atom. The molecule has 0 amide bonds. The van der Waals surface area contributed by atoms with Crippen molar-refractivity contribution in [2.24, 2.45) is 5.90 Å². The summed E-state index contributed by atoms with van der Waals surface area (Å²) in [6.45, 7) is 0.617. The molecule has 0 spiro atoms. The Morgan fingerprint density at radius 2 is 2.46 bits per heavy atom. The number of hydrogen-bond acceptors (Lipinski definition) is 3. The molecule has 0 aromatic heterocycles. The van der Waals surface area contributed by atoms with Crippen molar-refractivity contribution in [2.75, 3.05) is 6.61 Å². The lowest BCUT2D eigenvalue weighted by atomic mass is 10.1. The van der Waals surface area contributed by atoms with E-state index in [1.807, 2.05) is 11.8 Å². The molecule has 1 aromatic carbocycles. The van der Waals surface area contributed by atoms with Crippen LogP contribution in [0.3, 0.4) is 0 Å². The molecular formula is C9H10BrNOS. The summed E-state index contributed by atoms with van der Waals surface area (Å²) >= 11 is 5.38. The summed E-state index contributed by atoms with van der Waals surface area (Å²) in [6.07, 6.45) is 1.04. The quantitative estimate of drug-likeness (QED) is 0.829. The van der Waals surface area contributed by atoms with Crippen LogP contribution in [0.5, 0.6) is 0 Å². The highest BCUT2D eigenvalue weighted by Crippen LogP contribution is 2.40. The zero-order valence-corrected chi connectivity index (χ0v) is 9.40. The number of thioether (sulfide) groups is 1. The van der Waals surface area contributed by atoms with Crippen molar-refractivity contribution in [2.45, 2.75) is 16.6 Å². The van der Waals surface area contributed by atoms with E-state index < -0.39 is 0 Å². The van der Waals surface area contributed by atoms with Crippen LogP contribution < -0.4 is 5.90 Å². The molecule has 1 aliphatic heterocycles. The van der Waals surface area contributed by atoms with Gasteiger partial charge < -0.3 is 4.84 Å². The summed E-state index contributed by atoms with van der Waals surface area (Å²) in [6, 6.07) is 6.27. The maximum Gasteiger partial charge on any atom is 0.0804 e. The summed E-state index contributed by atoms with van der Waals surface area (Å²) in [5, 5.41) is 0.471. The average molecular weight is 260 g/mol. The molecule has 0 aliphatic carbocycles. The standard InChI is InChI=1S/C9H10BrNOS/c10-8-2-1-3-9-7(8)4-6(13-9)5-12-11/h1-3,6H,4-5,11H2. The van der Waals surface area contributed by atoms with Crippen molar-refractivity contribution in [3.8, 4) is 0 Å². The molecule has 2 rings (SSSR count). The van der Waals surface area contributed by atoms with Crippen LogP contribution in [-0.4, -0.2) is 11.9 Å². The van der Waals surface area contributed by atoms with Gasteiger partial charge in [-0.1, -0.05) is 22.0 Å². The Kier molecular flexibility index (Phi) is 2.93. The predicted octanol–water partition coefficient (Wildman–Crippen LogP) is 2.36. The van der Waals surface area contributed by atoms with Gasteiger partial charge >= 0.3 is 0 Å². The summed E-state index contributed by atoms with van der Waals surface area (Å²) in [7, 11) is 0. The lowest BCUT2D eigenvalue weighted by Crippen LogP contribution is -2.14. The van der Waals surface area contributed by atoms with Gasteiger partial charge in [-0.3, -0.25) is 0 Å². The molecule has 0 radical (unpaired) electrons. The monoisotopic (exact) mass is 259 g/mol. The first-order chi connectivity index (χ1) is 6.31. The minimum Gasteiger partial charge on any atom is -0.303 e. The minimum atomic E-state index is 0.471. The van der Waals surface area contributed by atoms with Crippen LogP contribution in [-0.2, 0) is 11.3 Å². The fraction of sp³-hybridized carbons (Fsp3) is 0.333. The third-order valence-electron chi connectivity index (χ3n) is 2.08. The molecule has 2 N–H and O–H groups in total. The number of hydrogen-bond donors (Lipinski definition) is 1. The topological polar surface area (TPSA) is 35.2 Å². The first-order valence-electron chi connectivity index (χ1n) is 4.07. The van der Waals surface area contributed by atoms with Crippen molar-refractivity contribution in [3.05, 3.63) is 28.2 Å². The van der Waals surface area contributed by atoms with Gasteiger partial charge in [-0.2, -0.15) is 0 Å². The molecule has 0 bridgehead atoms. The molecule has 1 heterocycles. The lowest BCUT2D eigenvalue weighted by molar-refractivity contribution is 0.139. The number of benzene rings is 1. The van der Waals surface area contributed by atoms with Crippen LogP contribution in [0.4, 0.5) is 0 Å². The van der Waals surface area contributed by atoms with Gasteiger partial charge in [-0.15, -0.1) is 11.8 Å². The van der Waals surface area contributed by atoms with Crippen LogP contribution >= 0.6 is 27.7 Å². The first-order valence-corrected chi connectivity index (χ1v) is 5.74. The molecule has 4 heteroatoms. The fourth-order valence-electron chi connectivity index (χ4n) is 1.50. The average Bonchev–Trinajstić information content (AvgIpc) is 2.49. The van der Waals surface area contributed by atoms with Gasteiger partial charge in [0, 0.05) is 14.6 Å². The highest BCUT2D eigenvalue weighted by Gasteiger charge is 2.23. The Bertz CT molecular complexity index is 318. The van der Waals surface area contributed by atoms with Crippen LogP contribution in [0, 0.1) is 0 Å². The zero-order valence-electron chi connectivity index (χ0n) is 7.00. The minimum absolute atomic E-state index is 0.471. The highest BCUT2D eigenvalue weighted by atomic mass is 79.9. The second-order valence-electron chi connectivity index (χ2n) is 2.99. The number of halogens is 1. The molecule has 0 saturated heterocycles. The molecule has 1 unspecified atom stereocenters. The largest absolute Gasteiger partial charge is 0.303 e. The molecular weight excluding hydrogens is 250 g/mol. The van der Waals surface area contributed by atoms with Crippen LogP contribution in [0.2, 0.25) is 0 Å². The van der Waals surface area contributed by atoms with Crippen LogP contribution in [0.15, 0.2) is 27.6 Å². The molecule has 70 valence electrons. The smallest absolute Gasteiger partial charge is 0.0804 e. The second-order valence-corrected chi connectivity index (χ2v) is 5.19. The van der Waals surface area contributed by atoms with Crippen molar-refractivity contribution >= 4 is 27.7 Å². The zero-order chi connectivity index (χ0) is 9.26. The van der Waals surface area contributed by atoms with E-state index in [-0.39, 0.29) is 0 Å². The molecule has 2 nitrogen and oxygen atoms in total. The summed E-state index contributed by atoms with van der Waals surface area (Å²) in [4.78, 5) is 6.00. The van der Waals surface area contributed by atoms with E-state index in [0.717, 1.165) is 6.42 Å². The van der Waals surface area contributed by atoms with Gasteiger partial charge in [0.15, 0.2) is 0 Å². The van der Waals surface area contributed by atoms with E-state index in [9.17, 15) is 0 Å². The van der Waals surface area contributed by atoms with E-state index in [1.165, 1.54) is 14.9 Å². The Balaban J connectivity index is 2.20. The van der Waals surface area contributed by atoms with Gasteiger partial charge in [0.05, 0.1) is 6.61 Å². The highest BCUT2D eigenvalue weighted by molar-refractivity contribution is 9.10. The van der Waals surface area contributed by atoms with Gasteiger partial charge in [0.25, 0.3) is 0 Å². The summed E-state index contributed by atoms with van der Waals surface area (Å²) in [5.74, 6) is 5.06. The Morgan fingerprint density at radius 3 is 3.15 bits per heavy atom. The van der Waals surface area contributed by atoms with Crippen molar-refractivity contribution in [1.29, 1.82) is 0 Å². The summed E-state index contributed by atoms with van der Waals surface area (Å²) < 4.78 is 1.19. The van der Waals surface area contributed by atoms with Gasteiger partial charge in [-0.05, 0) is 24.1 Å². The van der Waals surface area contributed by atoms with E-state index in [4.69, 9.17) is 5.90 Å². The van der Waals surface area contributed by atoms with Crippen molar-refractivity contribution < 1.29 is 4.84 Å². The lowest BCUT2D eigenvalue weighted by Gasteiger charge is -2.04. The van der Waals surface area contributed by atoms with Gasteiger partial charge in [0.2, 0.25) is 0 Å². The number of fused-ring (bicyclic) bond motifs is 1. The van der Waals surface area contributed by atoms with Crippen molar-refractivity contribution in [3.63, 3.8) is 0 Å². The van der Waals surface area contributed by atoms with Crippen LogP contribution in [0.25, 0.3) is 0 Å². The molecule has 1 aromatic rings. The molecule has 1 atom stereocenters. The Labute approximate surface area is 89.9 Å². The van der Waals surface area contributed by atoms with Crippen molar-refractivity contribution in [1.82, 2.24) is 0 Å². The van der Waals surface area contributed by atoms with E-state index in [1.54, 1.807) is 0 Å². The molecule has 1 aliphatic rings. The maximum absolute atomic E-state index is 5.06.